The maximum Gasteiger partial charge on any atom is 0.210 e. The average molecular weight is 491 g/mol. The monoisotopic (exact) mass is 490 g/mol. The molecule has 0 aliphatic rings. The van der Waals surface area contributed by atoms with Crippen molar-refractivity contribution in [2.75, 3.05) is 13.9 Å². The van der Waals surface area contributed by atoms with E-state index < -0.39 is 9.84 Å². The molecule has 1 unspecified atom stereocenters. The molecule has 0 spiro atoms. The molecule has 0 aliphatic heterocycles. The molecule has 2 aromatic carbocycles. The van der Waals surface area contributed by atoms with Crippen LogP contribution in [0.2, 0.25) is 0 Å². The number of unbranched alkanes of at least 4 members (excludes halogenated alkanes) is 9. The van der Waals surface area contributed by atoms with Gasteiger partial charge in [-0.25, -0.2) is 8.42 Å². The van der Waals surface area contributed by atoms with Gasteiger partial charge in [-0.05, 0) is 49.9 Å². The van der Waals surface area contributed by atoms with Gasteiger partial charge in [0.25, 0.3) is 0 Å². The largest absolute Gasteiger partial charge is 0.466 e. The molecule has 0 aliphatic carbocycles. The first-order valence-electron chi connectivity index (χ1n) is 12.7. The zero-order valence-electron chi connectivity index (χ0n) is 20.9. The van der Waals surface area contributed by atoms with E-state index >= 15 is 0 Å². The van der Waals surface area contributed by atoms with Gasteiger partial charge in [-0.15, -0.1) is 0 Å². The van der Waals surface area contributed by atoms with Crippen LogP contribution in [0.15, 0.2) is 58.3 Å². The fourth-order valence-electron chi connectivity index (χ4n) is 4.15. The fraction of sp³-hybridized carbons (Fsp3) is 0.571. The van der Waals surface area contributed by atoms with Crippen LogP contribution < -0.4 is 4.74 Å². The molecule has 0 amide bonds. The van der Waals surface area contributed by atoms with Crippen LogP contribution in [0, 0.1) is 0 Å². The van der Waals surface area contributed by atoms with Gasteiger partial charge in [-0.1, -0.05) is 88.1 Å². The van der Waals surface area contributed by atoms with E-state index in [1.54, 1.807) is 42.5 Å². The van der Waals surface area contributed by atoms with Crippen molar-refractivity contribution in [2.45, 2.75) is 99.9 Å². The summed E-state index contributed by atoms with van der Waals surface area (Å²) < 4.78 is 37.3. The van der Waals surface area contributed by atoms with Crippen LogP contribution in [0.4, 0.5) is 0 Å². The number of sulfone groups is 1. The molecule has 0 aromatic heterocycles. The Bertz CT molecular complexity index is 910. The minimum Gasteiger partial charge on any atom is -0.466 e. The highest BCUT2D eigenvalue weighted by Gasteiger charge is 2.24. The molecule has 1 N–H and O–H groups in total. The molecule has 0 saturated carbocycles. The molecule has 6 heteroatoms. The topological polar surface area (TPSA) is 72.8 Å². The van der Waals surface area contributed by atoms with Crippen molar-refractivity contribution in [3.8, 4) is 5.75 Å². The van der Waals surface area contributed by atoms with Gasteiger partial charge in [-0.3, -0.25) is 0 Å². The summed E-state index contributed by atoms with van der Waals surface area (Å²) in [5.74, 6) is 0.406. The summed E-state index contributed by atoms with van der Waals surface area (Å²) in [6.45, 7) is 1.87. The first kappa shape index (κ1) is 28.3. The quantitative estimate of drug-likeness (QED) is 0.186. The predicted molar refractivity (Wildman–Crippen MR) is 137 cm³/mol. The number of hydrogen-bond acceptors (Lipinski definition) is 5. The Balaban J connectivity index is 1.82. The third-order valence-electron chi connectivity index (χ3n) is 6.04. The smallest absolute Gasteiger partial charge is 0.210 e. The van der Waals surface area contributed by atoms with E-state index in [0.29, 0.717) is 5.75 Å². The number of aliphatic hydroxyl groups excluding tert-OH is 1. The highest BCUT2D eigenvalue weighted by atomic mass is 32.2. The SMILES string of the molecule is COCOc1c(CCCCCCCCCCCCC(C)O)cccc1S(=O)(=O)c1ccccc1. The first-order chi connectivity index (χ1) is 16.5. The van der Waals surface area contributed by atoms with Gasteiger partial charge in [-0.2, -0.15) is 0 Å². The van der Waals surface area contributed by atoms with Gasteiger partial charge in [0.1, 0.15) is 10.6 Å². The van der Waals surface area contributed by atoms with Gasteiger partial charge in [0.15, 0.2) is 6.79 Å². The third-order valence-corrected chi connectivity index (χ3v) is 7.84. The molecule has 0 saturated heterocycles. The van der Waals surface area contributed by atoms with Crippen LogP contribution in [-0.2, 0) is 21.0 Å². The number of aryl methyl sites for hydroxylation is 1. The van der Waals surface area contributed by atoms with Crippen molar-refractivity contribution in [1.29, 1.82) is 0 Å². The molecular weight excluding hydrogens is 448 g/mol. The van der Waals surface area contributed by atoms with E-state index in [0.717, 1.165) is 37.7 Å². The second-order valence-electron chi connectivity index (χ2n) is 9.03. The summed E-state index contributed by atoms with van der Waals surface area (Å²) >= 11 is 0. The van der Waals surface area contributed by atoms with Gasteiger partial charge in [0.05, 0.1) is 11.0 Å². The highest BCUT2D eigenvalue weighted by Crippen LogP contribution is 2.33. The Hall–Kier alpha value is -1.89. The third kappa shape index (κ3) is 9.77. The second-order valence-corrected chi connectivity index (χ2v) is 11.0. The normalized spacial score (nSPS) is 12.6. The van der Waals surface area contributed by atoms with E-state index in [-0.39, 0.29) is 22.7 Å². The van der Waals surface area contributed by atoms with Crippen molar-refractivity contribution < 1.29 is 23.0 Å². The zero-order chi connectivity index (χ0) is 24.7. The predicted octanol–water partition coefficient (Wildman–Crippen LogP) is 6.72. The van der Waals surface area contributed by atoms with Crippen LogP contribution >= 0.6 is 0 Å². The van der Waals surface area contributed by atoms with Crippen molar-refractivity contribution in [3.63, 3.8) is 0 Å². The Morgan fingerprint density at radius 1 is 0.794 bits per heavy atom. The van der Waals surface area contributed by atoms with Crippen LogP contribution in [0.3, 0.4) is 0 Å². The average Bonchev–Trinajstić information content (AvgIpc) is 2.84. The molecule has 5 nitrogen and oxygen atoms in total. The zero-order valence-corrected chi connectivity index (χ0v) is 21.7. The molecule has 1 atom stereocenters. The molecule has 0 heterocycles. The van der Waals surface area contributed by atoms with E-state index in [9.17, 15) is 13.5 Å². The number of hydrogen-bond donors (Lipinski definition) is 1. The number of methoxy groups -OCH3 is 1. The number of aliphatic hydroxyl groups is 1. The molecule has 2 rings (SSSR count). The van der Waals surface area contributed by atoms with E-state index in [2.05, 4.69) is 0 Å². The maximum atomic E-state index is 13.2. The van der Waals surface area contributed by atoms with Crippen molar-refractivity contribution >= 4 is 9.84 Å². The van der Waals surface area contributed by atoms with Crippen LogP contribution in [-0.4, -0.2) is 33.5 Å². The van der Waals surface area contributed by atoms with Crippen LogP contribution in [0.25, 0.3) is 0 Å². The van der Waals surface area contributed by atoms with Crippen LogP contribution in [0.5, 0.6) is 5.75 Å². The fourth-order valence-corrected chi connectivity index (χ4v) is 5.61. The summed E-state index contributed by atoms with van der Waals surface area (Å²) in [5, 5.41) is 9.28. The lowest BCUT2D eigenvalue weighted by Crippen LogP contribution is -2.09. The van der Waals surface area contributed by atoms with E-state index in [4.69, 9.17) is 9.47 Å². The summed E-state index contributed by atoms with van der Waals surface area (Å²) in [6, 6.07) is 13.8. The van der Waals surface area contributed by atoms with Crippen LogP contribution in [0.1, 0.15) is 83.1 Å². The second kappa shape index (κ2) is 15.9. The molecule has 0 bridgehead atoms. The summed E-state index contributed by atoms with van der Waals surface area (Å²) in [7, 11) is -2.14. The first-order valence-corrected chi connectivity index (χ1v) is 14.2. The van der Waals surface area contributed by atoms with Crippen molar-refractivity contribution in [2.24, 2.45) is 0 Å². The molecular formula is C28H42O5S. The number of rotatable bonds is 18. The Morgan fingerprint density at radius 3 is 1.97 bits per heavy atom. The minimum atomic E-state index is -3.67. The number of para-hydroxylation sites is 1. The Kier molecular flexibility index (Phi) is 13.3. The molecule has 34 heavy (non-hydrogen) atoms. The molecule has 2 aromatic rings. The van der Waals surface area contributed by atoms with Gasteiger partial charge in [0, 0.05) is 7.11 Å². The highest BCUT2D eigenvalue weighted by molar-refractivity contribution is 7.91. The lowest BCUT2D eigenvalue weighted by Gasteiger charge is -2.16. The van der Waals surface area contributed by atoms with Crippen molar-refractivity contribution in [1.82, 2.24) is 0 Å². The maximum absolute atomic E-state index is 13.2. The Morgan fingerprint density at radius 2 is 1.38 bits per heavy atom. The summed E-state index contributed by atoms with van der Waals surface area (Å²) in [4.78, 5) is 0.457. The minimum absolute atomic E-state index is 0.00729. The van der Waals surface area contributed by atoms with Gasteiger partial charge in [0.2, 0.25) is 9.84 Å². The van der Waals surface area contributed by atoms with Crippen molar-refractivity contribution in [3.05, 3.63) is 54.1 Å². The molecule has 190 valence electrons. The number of ether oxygens (including phenoxy) is 2. The number of benzene rings is 2. The summed E-state index contributed by atoms with van der Waals surface area (Å²) in [5.41, 5.74) is 0.909. The van der Waals surface area contributed by atoms with E-state index in [1.165, 1.54) is 52.1 Å². The lowest BCUT2D eigenvalue weighted by molar-refractivity contribution is 0.0482. The van der Waals surface area contributed by atoms with Gasteiger partial charge >= 0.3 is 0 Å². The van der Waals surface area contributed by atoms with E-state index in [1.807, 2.05) is 13.0 Å². The van der Waals surface area contributed by atoms with Gasteiger partial charge < -0.3 is 14.6 Å². The summed E-state index contributed by atoms with van der Waals surface area (Å²) in [6.07, 6.45) is 13.5. The lowest BCUT2D eigenvalue weighted by atomic mass is 10.0. The Labute approximate surface area is 206 Å². The molecule has 0 fully saturated rings. The molecule has 0 radical (unpaired) electrons. The standard InChI is InChI=1S/C28H42O5S/c1-24(29)17-12-9-7-5-3-4-6-8-10-13-18-25-19-16-22-27(28(25)33-23-32-2)34(30,31)26-20-14-11-15-21-26/h11,14-16,19-22,24,29H,3-10,12-13,17-18,23H2,1-2H3.